The van der Waals surface area contributed by atoms with E-state index in [1.165, 1.54) is 12.1 Å². The van der Waals surface area contributed by atoms with Crippen LogP contribution in [0.25, 0.3) is 5.69 Å². The van der Waals surface area contributed by atoms with Gasteiger partial charge in [0.1, 0.15) is 19.0 Å². The molecule has 0 saturated heterocycles. The average molecular weight is 548 g/mol. The number of ether oxygens (including phenoxy) is 2. The van der Waals surface area contributed by atoms with E-state index in [4.69, 9.17) is 9.47 Å². The molecule has 0 bridgehead atoms. The van der Waals surface area contributed by atoms with E-state index in [2.05, 4.69) is 10.5 Å². The van der Waals surface area contributed by atoms with Gasteiger partial charge in [-0.25, -0.2) is 9.82 Å². The van der Waals surface area contributed by atoms with E-state index < -0.39 is 0 Å². The summed E-state index contributed by atoms with van der Waals surface area (Å²) in [4.78, 5) is 13.0. The highest BCUT2D eigenvalue weighted by Gasteiger charge is 2.16. The van der Waals surface area contributed by atoms with Gasteiger partial charge >= 0.3 is 0 Å². The van der Waals surface area contributed by atoms with Gasteiger partial charge in [0, 0.05) is 17.1 Å². The number of nitrogens with zero attached hydrogens (tertiary/aromatic N) is 2. The molecule has 7 heteroatoms. The first-order valence-corrected chi connectivity index (χ1v) is 13.2. The maximum absolute atomic E-state index is 13.4. The van der Waals surface area contributed by atoms with Crippen molar-refractivity contribution in [1.82, 2.24) is 9.99 Å². The zero-order valence-corrected chi connectivity index (χ0v) is 22.9. The highest BCUT2D eigenvalue weighted by molar-refractivity contribution is 5.96. The lowest BCUT2D eigenvalue weighted by atomic mass is 10.2. The zero-order chi connectivity index (χ0) is 28.6. The number of hydrogen-bond acceptors (Lipinski definition) is 4. The number of aryl methyl sites for hydroxylation is 1. The molecule has 0 radical (unpaired) electrons. The number of carbonyl (C=O) groups is 1. The molecule has 1 heterocycles. The topological polar surface area (TPSA) is 64.8 Å². The van der Waals surface area contributed by atoms with Gasteiger partial charge < -0.3 is 14.0 Å². The molecule has 1 aromatic heterocycles. The number of halogens is 1. The van der Waals surface area contributed by atoms with Gasteiger partial charge in [-0.2, -0.15) is 5.10 Å². The molecule has 41 heavy (non-hydrogen) atoms. The SMILES string of the molecule is Cc1cc(C(=O)N/N=C\c2ccc(OCc3ccccc3)c(OCc3ccccc3)c2)c(C)n1-c1ccc(F)cc1. The molecule has 1 N–H and O–H groups in total. The van der Waals surface area contributed by atoms with Gasteiger partial charge in [-0.3, -0.25) is 4.79 Å². The molecule has 0 spiro atoms. The summed E-state index contributed by atoms with van der Waals surface area (Å²) in [6, 6.07) is 33.3. The molecule has 0 fully saturated rings. The van der Waals surface area contributed by atoms with Gasteiger partial charge in [0.15, 0.2) is 11.5 Å². The first kappa shape index (κ1) is 27.4. The normalized spacial score (nSPS) is 11.0. The smallest absolute Gasteiger partial charge is 0.273 e. The largest absolute Gasteiger partial charge is 0.485 e. The summed E-state index contributed by atoms with van der Waals surface area (Å²) in [7, 11) is 0. The fraction of sp³-hybridized carbons (Fsp3) is 0.118. The van der Waals surface area contributed by atoms with Gasteiger partial charge in [-0.1, -0.05) is 60.7 Å². The molecule has 0 aliphatic rings. The van der Waals surface area contributed by atoms with Crippen molar-refractivity contribution in [2.75, 3.05) is 0 Å². The predicted octanol–water partition coefficient (Wildman–Crippen LogP) is 7.16. The predicted molar refractivity (Wildman–Crippen MR) is 158 cm³/mol. The zero-order valence-electron chi connectivity index (χ0n) is 22.9. The van der Waals surface area contributed by atoms with E-state index in [-0.39, 0.29) is 11.7 Å². The Morgan fingerprint density at radius 3 is 2.05 bits per heavy atom. The molecular formula is C34H30FN3O3. The number of nitrogens with one attached hydrogen (secondary N) is 1. The Morgan fingerprint density at radius 2 is 1.41 bits per heavy atom. The van der Waals surface area contributed by atoms with Gasteiger partial charge in [-0.05, 0) is 79.1 Å². The summed E-state index contributed by atoms with van der Waals surface area (Å²) in [5, 5.41) is 4.19. The number of benzene rings is 4. The molecule has 1 amide bonds. The quantitative estimate of drug-likeness (QED) is 0.149. The maximum Gasteiger partial charge on any atom is 0.273 e. The van der Waals surface area contributed by atoms with Crippen molar-refractivity contribution in [3.8, 4) is 17.2 Å². The standard InChI is InChI=1S/C34H30FN3O3/c1-24-19-31(25(2)38(24)30-16-14-29(35)15-17-30)34(39)37-36-21-28-13-18-32(40-22-26-9-5-3-6-10-26)33(20-28)41-23-27-11-7-4-8-12-27/h3-21H,22-23H2,1-2H3,(H,37,39)/b36-21-. The van der Waals surface area contributed by atoms with Crippen molar-refractivity contribution in [3.63, 3.8) is 0 Å². The summed E-state index contributed by atoms with van der Waals surface area (Å²) >= 11 is 0. The lowest BCUT2D eigenvalue weighted by Crippen LogP contribution is -2.18. The maximum atomic E-state index is 13.4. The van der Waals surface area contributed by atoms with Crippen LogP contribution in [-0.2, 0) is 13.2 Å². The van der Waals surface area contributed by atoms with Crippen LogP contribution in [0.2, 0.25) is 0 Å². The van der Waals surface area contributed by atoms with Crippen LogP contribution in [-0.4, -0.2) is 16.7 Å². The molecule has 4 aromatic carbocycles. The second-order valence-electron chi connectivity index (χ2n) is 9.55. The van der Waals surface area contributed by atoms with Crippen LogP contribution in [0.5, 0.6) is 11.5 Å². The Bertz CT molecular complexity index is 1650. The van der Waals surface area contributed by atoms with Crippen LogP contribution >= 0.6 is 0 Å². The van der Waals surface area contributed by atoms with Crippen LogP contribution in [0.3, 0.4) is 0 Å². The van der Waals surface area contributed by atoms with Gasteiger partial charge in [0.25, 0.3) is 5.91 Å². The van der Waals surface area contributed by atoms with E-state index in [1.807, 2.05) is 97.3 Å². The van der Waals surface area contributed by atoms with E-state index in [1.54, 1.807) is 24.4 Å². The second-order valence-corrected chi connectivity index (χ2v) is 9.55. The number of hydrogen-bond donors (Lipinski definition) is 1. The van der Waals surface area contributed by atoms with E-state index in [0.717, 1.165) is 33.8 Å². The minimum atomic E-state index is -0.342. The van der Waals surface area contributed by atoms with Crippen molar-refractivity contribution in [2.45, 2.75) is 27.1 Å². The highest BCUT2D eigenvalue weighted by Crippen LogP contribution is 2.30. The van der Waals surface area contributed by atoms with E-state index in [9.17, 15) is 9.18 Å². The third-order valence-corrected chi connectivity index (χ3v) is 6.58. The minimum Gasteiger partial charge on any atom is -0.485 e. The number of aromatic nitrogens is 1. The van der Waals surface area contributed by atoms with Crippen molar-refractivity contribution in [3.05, 3.63) is 149 Å². The van der Waals surface area contributed by atoms with Crippen molar-refractivity contribution >= 4 is 12.1 Å². The first-order chi connectivity index (χ1) is 20.0. The Morgan fingerprint density at radius 1 is 0.805 bits per heavy atom. The van der Waals surface area contributed by atoms with Crippen LogP contribution < -0.4 is 14.9 Å². The Hall–Kier alpha value is -5.17. The molecule has 0 atom stereocenters. The third-order valence-electron chi connectivity index (χ3n) is 6.58. The molecule has 0 aliphatic carbocycles. The van der Waals surface area contributed by atoms with Crippen molar-refractivity contribution < 1.29 is 18.7 Å². The van der Waals surface area contributed by atoms with Crippen molar-refractivity contribution in [2.24, 2.45) is 5.10 Å². The second kappa shape index (κ2) is 12.8. The molecule has 5 aromatic rings. The van der Waals surface area contributed by atoms with Crippen molar-refractivity contribution in [1.29, 1.82) is 0 Å². The number of carbonyl (C=O) groups excluding carboxylic acids is 1. The average Bonchev–Trinajstić information content (AvgIpc) is 3.30. The lowest BCUT2D eigenvalue weighted by Gasteiger charge is -2.14. The van der Waals surface area contributed by atoms with Gasteiger partial charge in [0.2, 0.25) is 0 Å². The highest BCUT2D eigenvalue weighted by atomic mass is 19.1. The van der Waals surface area contributed by atoms with E-state index >= 15 is 0 Å². The molecule has 0 unspecified atom stereocenters. The summed E-state index contributed by atoms with van der Waals surface area (Å²) < 4.78 is 27.5. The molecular weight excluding hydrogens is 517 g/mol. The first-order valence-electron chi connectivity index (χ1n) is 13.2. The van der Waals surface area contributed by atoms with E-state index in [0.29, 0.717) is 30.3 Å². The third kappa shape index (κ3) is 6.89. The van der Waals surface area contributed by atoms with Crippen LogP contribution in [0, 0.1) is 19.7 Å². The summed E-state index contributed by atoms with van der Waals surface area (Å²) in [6.07, 6.45) is 1.56. The molecule has 0 aliphatic heterocycles. The fourth-order valence-electron chi connectivity index (χ4n) is 4.51. The fourth-order valence-corrected chi connectivity index (χ4v) is 4.51. The van der Waals surface area contributed by atoms with Gasteiger partial charge in [-0.15, -0.1) is 0 Å². The monoisotopic (exact) mass is 547 g/mol. The molecule has 206 valence electrons. The number of rotatable bonds is 10. The summed E-state index contributed by atoms with van der Waals surface area (Å²) in [5.41, 5.74) is 8.29. The Balaban J connectivity index is 1.30. The number of amides is 1. The lowest BCUT2D eigenvalue weighted by molar-refractivity contribution is 0.0954. The number of hydrazone groups is 1. The van der Waals surface area contributed by atoms with Crippen LogP contribution in [0.4, 0.5) is 4.39 Å². The summed E-state index contributed by atoms with van der Waals surface area (Å²) in [6.45, 7) is 4.53. The van der Waals surface area contributed by atoms with Gasteiger partial charge in [0.05, 0.1) is 11.8 Å². The van der Waals surface area contributed by atoms with Crippen LogP contribution in [0.1, 0.15) is 38.4 Å². The minimum absolute atomic E-state index is 0.312. The molecule has 0 saturated carbocycles. The Kier molecular flexibility index (Phi) is 8.55. The molecule has 5 rings (SSSR count). The van der Waals surface area contributed by atoms with Crippen LogP contribution in [0.15, 0.2) is 114 Å². The Labute approximate surface area is 238 Å². The summed E-state index contributed by atoms with van der Waals surface area (Å²) in [5.74, 6) is 0.529. The molecule has 6 nitrogen and oxygen atoms in total.